The van der Waals surface area contributed by atoms with Crippen molar-refractivity contribution >= 4 is 22.6 Å². The Labute approximate surface area is 104 Å². The molecule has 0 spiro atoms. The molecule has 92 valence electrons. The largest absolute Gasteiger partial charge is 0.332 e. The number of nitrogens with zero attached hydrogens (tertiary/aromatic N) is 1. The minimum atomic E-state index is -0.452. The van der Waals surface area contributed by atoms with Crippen molar-refractivity contribution < 1.29 is 8.78 Å². The number of anilines is 1. The van der Waals surface area contributed by atoms with Crippen LogP contribution in [0.2, 0.25) is 0 Å². The number of thioether (sulfide) groups is 1. The van der Waals surface area contributed by atoms with Crippen LogP contribution in [0.3, 0.4) is 0 Å². The molecule has 5 heteroatoms. The van der Waals surface area contributed by atoms with Crippen molar-refractivity contribution in [2.75, 3.05) is 11.1 Å². The fourth-order valence-electron chi connectivity index (χ4n) is 1.55. The molecule has 1 heterocycles. The van der Waals surface area contributed by atoms with E-state index in [4.69, 9.17) is 0 Å². The summed E-state index contributed by atoms with van der Waals surface area (Å²) >= 11 is 1.54. The van der Waals surface area contributed by atoms with Gasteiger partial charge in [-0.3, -0.25) is 4.99 Å². The van der Waals surface area contributed by atoms with Crippen LogP contribution in [-0.2, 0) is 0 Å². The van der Waals surface area contributed by atoms with Crippen LogP contribution in [0, 0.1) is 18.6 Å². The van der Waals surface area contributed by atoms with E-state index in [1.54, 1.807) is 0 Å². The van der Waals surface area contributed by atoms with E-state index in [0.717, 1.165) is 12.2 Å². The number of benzene rings is 1. The Bertz CT molecular complexity index is 460. The van der Waals surface area contributed by atoms with Gasteiger partial charge >= 0.3 is 0 Å². The van der Waals surface area contributed by atoms with Crippen molar-refractivity contribution in [3.05, 3.63) is 29.3 Å². The van der Waals surface area contributed by atoms with Gasteiger partial charge in [0.15, 0.2) is 5.17 Å². The van der Waals surface area contributed by atoms with E-state index in [2.05, 4.69) is 17.2 Å². The van der Waals surface area contributed by atoms with Crippen LogP contribution in [0.25, 0.3) is 0 Å². The molecular weight excluding hydrogens is 242 g/mol. The SMILES string of the molecule is CCC1CSC(Nc2cc(F)c(C)cc2F)=N1. The molecule has 1 N–H and O–H groups in total. The molecule has 0 bridgehead atoms. The summed E-state index contributed by atoms with van der Waals surface area (Å²) in [4.78, 5) is 4.37. The fourth-order valence-corrected chi connectivity index (χ4v) is 2.62. The second kappa shape index (κ2) is 5.04. The monoisotopic (exact) mass is 256 g/mol. The summed E-state index contributed by atoms with van der Waals surface area (Å²) in [5.41, 5.74) is 0.455. The maximum Gasteiger partial charge on any atom is 0.161 e. The average molecular weight is 256 g/mol. The molecule has 0 aliphatic carbocycles. The van der Waals surface area contributed by atoms with Gasteiger partial charge in [-0.15, -0.1) is 0 Å². The lowest BCUT2D eigenvalue weighted by Gasteiger charge is -2.07. The van der Waals surface area contributed by atoms with E-state index < -0.39 is 11.6 Å². The number of aliphatic imine (C=N–C) groups is 1. The molecule has 0 saturated heterocycles. The van der Waals surface area contributed by atoms with Crippen LogP contribution in [0.1, 0.15) is 18.9 Å². The summed E-state index contributed by atoms with van der Waals surface area (Å²) in [7, 11) is 0. The van der Waals surface area contributed by atoms with Gasteiger partial charge in [0.2, 0.25) is 0 Å². The van der Waals surface area contributed by atoms with Crippen LogP contribution in [-0.4, -0.2) is 17.0 Å². The van der Waals surface area contributed by atoms with E-state index in [9.17, 15) is 8.78 Å². The number of nitrogens with one attached hydrogen (secondary N) is 1. The molecular formula is C12H14F2N2S. The molecule has 1 aliphatic rings. The number of rotatable bonds is 2. The molecule has 0 saturated carbocycles. The Balaban J connectivity index is 2.17. The highest BCUT2D eigenvalue weighted by atomic mass is 32.2. The molecule has 2 nitrogen and oxygen atoms in total. The first-order valence-corrected chi connectivity index (χ1v) is 6.52. The molecule has 1 aromatic carbocycles. The highest BCUT2D eigenvalue weighted by Gasteiger charge is 2.18. The second-order valence-corrected chi connectivity index (χ2v) is 5.02. The molecule has 0 aromatic heterocycles. The minimum absolute atomic E-state index is 0.149. The van der Waals surface area contributed by atoms with Crippen LogP contribution in [0.15, 0.2) is 17.1 Å². The summed E-state index contributed by atoms with van der Waals surface area (Å²) in [6, 6.07) is 2.64. The van der Waals surface area contributed by atoms with Crippen molar-refractivity contribution in [2.45, 2.75) is 26.3 Å². The molecule has 17 heavy (non-hydrogen) atoms. The van der Waals surface area contributed by atoms with E-state index >= 15 is 0 Å². The van der Waals surface area contributed by atoms with Crippen molar-refractivity contribution in [1.29, 1.82) is 0 Å². The van der Waals surface area contributed by atoms with Crippen LogP contribution in [0.5, 0.6) is 0 Å². The van der Waals surface area contributed by atoms with Gasteiger partial charge in [0.05, 0.1) is 11.7 Å². The second-order valence-electron chi connectivity index (χ2n) is 4.01. The Morgan fingerprint density at radius 2 is 2.18 bits per heavy atom. The Morgan fingerprint density at radius 1 is 1.41 bits per heavy atom. The first kappa shape index (κ1) is 12.4. The molecule has 1 aliphatic heterocycles. The van der Waals surface area contributed by atoms with Gasteiger partial charge in [-0.25, -0.2) is 8.78 Å². The summed E-state index contributed by atoms with van der Waals surface area (Å²) in [6.07, 6.45) is 0.961. The van der Waals surface area contributed by atoms with Crippen molar-refractivity contribution in [2.24, 2.45) is 4.99 Å². The summed E-state index contributed by atoms with van der Waals surface area (Å²) in [6.45, 7) is 3.60. The highest BCUT2D eigenvalue weighted by Crippen LogP contribution is 2.24. The van der Waals surface area contributed by atoms with Gasteiger partial charge in [0.1, 0.15) is 11.6 Å². The quantitative estimate of drug-likeness (QED) is 0.874. The molecule has 1 unspecified atom stereocenters. The van der Waals surface area contributed by atoms with Gasteiger partial charge in [-0.1, -0.05) is 18.7 Å². The number of amidine groups is 1. The highest BCUT2D eigenvalue weighted by molar-refractivity contribution is 8.14. The zero-order valence-corrected chi connectivity index (χ0v) is 10.6. The lowest BCUT2D eigenvalue weighted by Crippen LogP contribution is -2.07. The third-order valence-corrected chi connectivity index (χ3v) is 3.71. The zero-order chi connectivity index (χ0) is 12.4. The smallest absolute Gasteiger partial charge is 0.161 e. The maximum atomic E-state index is 13.6. The number of aryl methyl sites for hydroxylation is 1. The number of hydrogen-bond acceptors (Lipinski definition) is 3. The first-order valence-electron chi connectivity index (χ1n) is 5.53. The maximum absolute atomic E-state index is 13.6. The van der Waals surface area contributed by atoms with Gasteiger partial charge in [0.25, 0.3) is 0 Å². The Hall–Kier alpha value is -1.10. The predicted molar refractivity (Wildman–Crippen MR) is 68.7 cm³/mol. The average Bonchev–Trinajstić information content (AvgIpc) is 2.73. The topological polar surface area (TPSA) is 24.4 Å². The van der Waals surface area contributed by atoms with Crippen molar-refractivity contribution in [1.82, 2.24) is 0 Å². The number of hydrogen-bond donors (Lipinski definition) is 1. The van der Waals surface area contributed by atoms with Gasteiger partial charge in [0, 0.05) is 11.8 Å². The standard InChI is InChI=1S/C12H14F2N2S/c1-3-8-6-17-12(15-8)16-11-5-9(13)7(2)4-10(11)14/h4-5,8H,3,6H2,1-2H3,(H,15,16). The lowest BCUT2D eigenvalue weighted by molar-refractivity contribution is 0.596. The normalized spacial score (nSPS) is 19.3. The van der Waals surface area contributed by atoms with Crippen molar-refractivity contribution in [3.8, 4) is 0 Å². The van der Waals surface area contributed by atoms with Crippen LogP contribution >= 0.6 is 11.8 Å². The molecule has 1 atom stereocenters. The van der Waals surface area contributed by atoms with E-state index in [-0.39, 0.29) is 11.7 Å². The first-order chi connectivity index (χ1) is 8.10. The van der Waals surface area contributed by atoms with Gasteiger partial charge in [-0.2, -0.15) is 0 Å². The van der Waals surface area contributed by atoms with Gasteiger partial charge in [-0.05, 0) is 25.0 Å². The lowest BCUT2D eigenvalue weighted by atomic mass is 10.2. The zero-order valence-electron chi connectivity index (χ0n) is 9.76. The summed E-state index contributed by atoms with van der Waals surface area (Å²) in [5, 5.41) is 3.51. The fraction of sp³-hybridized carbons (Fsp3) is 0.417. The molecule has 0 fully saturated rings. The summed E-state index contributed by atoms with van der Waals surface area (Å²) in [5.74, 6) is 0.0334. The molecule has 0 radical (unpaired) electrons. The summed E-state index contributed by atoms with van der Waals surface area (Å²) < 4.78 is 26.9. The van der Waals surface area contributed by atoms with Crippen LogP contribution < -0.4 is 5.32 Å². The Morgan fingerprint density at radius 3 is 2.82 bits per heavy atom. The predicted octanol–water partition coefficient (Wildman–Crippen LogP) is 3.57. The van der Waals surface area contributed by atoms with E-state index in [1.165, 1.54) is 30.8 Å². The molecule has 0 amide bonds. The molecule has 2 rings (SSSR count). The number of halogens is 2. The minimum Gasteiger partial charge on any atom is -0.332 e. The van der Waals surface area contributed by atoms with E-state index in [0.29, 0.717) is 10.7 Å². The Kier molecular flexibility index (Phi) is 3.66. The van der Waals surface area contributed by atoms with Crippen molar-refractivity contribution in [3.63, 3.8) is 0 Å². The molecule has 1 aromatic rings. The van der Waals surface area contributed by atoms with E-state index in [1.807, 2.05) is 0 Å². The third kappa shape index (κ3) is 2.77. The van der Waals surface area contributed by atoms with Crippen LogP contribution in [0.4, 0.5) is 14.5 Å². The third-order valence-electron chi connectivity index (χ3n) is 2.67. The van der Waals surface area contributed by atoms with Gasteiger partial charge < -0.3 is 5.32 Å².